The Bertz CT molecular complexity index is 1340. The number of nitrogens with zero attached hydrogens (tertiary/aromatic N) is 1. The second-order valence-electron chi connectivity index (χ2n) is 9.11. The first-order valence-electron chi connectivity index (χ1n) is 12.1. The van der Waals surface area contributed by atoms with Crippen LogP contribution in [0.2, 0.25) is 5.02 Å². The van der Waals surface area contributed by atoms with E-state index < -0.39 is 21.5 Å². The van der Waals surface area contributed by atoms with E-state index in [0.29, 0.717) is 22.7 Å². The molecule has 1 N–H and O–H groups in total. The average molecular weight is 527 g/mol. The first-order valence-corrected chi connectivity index (χ1v) is 13.9. The van der Waals surface area contributed by atoms with Gasteiger partial charge in [-0.3, -0.25) is 9.10 Å². The maximum absolute atomic E-state index is 13.7. The molecule has 8 heteroatoms. The van der Waals surface area contributed by atoms with Crippen LogP contribution in [0.3, 0.4) is 0 Å². The van der Waals surface area contributed by atoms with Crippen LogP contribution in [0, 0.1) is 6.92 Å². The number of benzene rings is 3. The third kappa shape index (κ3) is 5.22. The highest BCUT2D eigenvalue weighted by Gasteiger charge is 2.39. The molecule has 0 aromatic heterocycles. The van der Waals surface area contributed by atoms with Crippen LogP contribution in [-0.2, 0) is 14.8 Å². The van der Waals surface area contributed by atoms with E-state index in [4.69, 9.17) is 16.3 Å². The first kappa shape index (κ1) is 26.0. The number of hydrogen-bond acceptors (Lipinski definition) is 4. The van der Waals surface area contributed by atoms with Crippen molar-refractivity contribution in [2.45, 2.75) is 56.6 Å². The Morgan fingerprint density at radius 2 is 1.72 bits per heavy atom. The lowest BCUT2D eigenvalue weighted by molar-refractivity contribution is -0.121. The standard InChI is InChI=1S/C28H31ClN2O4S/c1-4-28(5-2)18-24(23-13-9-10-14-26(23)35-28)30-27(32)19-31(25-16-15-21(29)17-20(25)3)36(33,34)22-11-7-6-8-12-22/h6-17,24H,4-5,18-19H2,1-3H3,(H,30,32). The number of amides is 1. The van der Waals surface area contributed by atoms with Crippen LogP contribution in [0.25, 0.3) is 0 Å². The fourth-order valence-electron chi connectivity index (χ4n) is 4.72. The maximum Gasteiger partial charge on any atom is 0.264 e. The number of halogens is 1. The lowest BCUT2D eigenvalue weighted by Crippen LogP contribution is -2.47. The van der Waals surface area contributed by atoms with Crippen LogP contribution >= 0.6 is 11.6 Å². The van der Waals surface area contributed by atoms with Gasteiger partial charge in [0, 0.05) is 17.0 Å². The average Bonchev–Trinajstić information content (AvgIpc) is 2.88. The number of fused-ring (bicyclic) bond motifs is 1. The summed E-state index contributed by atoms with van der Waals surface area (Å²) >= 11 is 6.13. The summed E-state index contributed by atoms with van der Waals surface area (Å²) in [5.74, 6) is 0.353. The zero-order chi connectivity index (χ0) is 25.9. The number of rotatable bonds is 8. The van der Waals surface area contributed by atoms with Gasteiger partial charge >= 0.3 is 0 Å². The largest absolute Gasteiger partial charge is 0.487 e. The minimum atomic E-state index is -4.01. The highest BCUT2D eigenvalue weighted by atomic mass is 35.5. The Kier molecular flexibility index (Phi) is 7.62. The van der Waals surface area contributed by atoms with Crippen LogP contribution < -0.4 is 14.4 Å². The fraction of sp³-hybridized carbons (Fsp3) is 0.321. The van der Waals surface area contributed by atoms with E-state index >= 15 is 0 Å². The van der Waals surface area contributed by atoms with Crippen LogP contribution in [0.4, 0.5) is 5.69 Å². The molecule has 0 radical (unpaired) electrons. The minimum absolute atomic E-state index is 0.111. The van der Waals surface area contributed by atoms with Gasteiger partial charge in [0.2, 0.25) is 5.91 Å². The second kappa shape index (κ2) is 10.5. The zero-order valence-corrected chi connectivity index (χ0v) is 22.3. The Balaban J connectivity index is 1.67. The molecule has 0 aliphatic carbocycles. The highest BCUT2D eigenvalue weighted by Crippen LogP contribution is 2.42. The number of carbonyl (C=O) groups excluding carboxylic acids is 1. The first-order chi connectivity index (χ1) is 17.2. The zero-order valence-electron chi connectivity index (χ0n) is 20.7. The molecule has 36 heavy (non-hydrogen) atoms. The van der Waals surface area contributed by atoms with E-state index in [2.05, 4.69) is 19.2 Å². The summed E-state index contributed by atoms with van der Waals surface area (Å²) < 4.78 is 34.9. The van der Waals surface area contributed by atoms with Crippen LogP contribution in [0.15, 0.2) is 77.7 Å². The Morgan fingerprint density at radius 3 is 2.39 bits per heavy atom. The summed E-state index contributed by atoms with van der Waals surface area (Å²) in [4.78, 5) is 13.6. The molecule has 0 spiro atoms. The van der Waals surface area contributed by atoms with Crippen molar-refractivity contribution in [2.75, 3.05) is 10.8 Å². The lowest BCUT2D eigenvalue weighted by Gasteiger charge is -2.41. The van der Waals surface area contributed by atoms with Crippen molar-refractivity contribution < 1.29 is 17.9 Å². The Hall–Kier alpha value is -3.03. The molecule has 0 fully saturated rings. The van der Waals surface area contributed by atoms with Crippen molar-refractivity contribution in [3.8, 4) is 5.75 Å². The molecule has 3 aromatic rings. The number of aryl methyl sites for hydroxylation is 1. The summed E-state index contributed by atoms with van der Waals surface area (Å²) in [6, 6.07) is 20.5. The molecule has 1 aliphatic rings. The van der Waals surface area contributed by atoms with Crippen molar-refractivity contribution in [3.63, 3.8) is 0 Å². The van der Waals surface area contributed by atoms with E-state index in [-0.39, 0.29) is 17.5 Å². The summed E-state index contributed by atoms with van der Waals surface area (Å²) in [5, 5.41) is 3.59. The molecule has 1 heterocycles. The summed E-state index contributed by atoms with van der Waals surface area (Å²) in [6.07, 6.45) is 2.19. The van der Waals surface area contributed by atoms with Gasteiger partial charge in [-0.05, 0) is 61.7 Å². The maximum atomic E-state index is 13.7. The molecule has 1 unspecified atom stereocenters. The normalized spacial score (nSPS) is 16.5. The van der Waals surface area contributed by atoms with Gasteiger partial charge in [-0.1, -0.05) is 61.8 Å². The topological polar surface area (TPSA) is 75.7 Å². The molecule has 0 bridgehead atoms. The van der Waals surface area contributed by atoms with Crippen molar-refractivity contribution in [1.29, 1.82) is 0 Å². The van der Waals surface area contributed by atoms with E-state index in [1.54, 1.807) is 43.3 Å². The number of anilines is 1. The van der Waals surface area contributed by atoms with Crippen molar-refractivity contribution in [2.24, 2.45) is 0 Å². The number of ether oxygens (including phenoxy) is 1. The van der Waals surface area contributed by atoms with Crippen LogP contribution in [-0.4, -0.2) is 26.5 Å². The lowest BCUT2D eigenvalue weighted by atomic mass is 9.83. The predicted octanol–water partition coefficient (Wildman–Crippen LogP) is 6.04. The van der Waals surface area contributed by atoms with Crippen LogP contribution in [0.1, 0.15) is 50.3 Å². The third-order valence-corrected chi connectivity index (χ3v) is 8.88. The molecule has 1 amide bonds. The molecule has 3 aromatic carbocycles. The predicted molar refractivity (Wildman–Crippen MR) is 143 cm³/mol. The number of nitrogens with one attached hydrogen (secondary N) is 1. The summed E-state index contributed by atoms with van der Waals surface area (Å²) in [5.41, 5.74) is 1.56. The summed E-state index contributed by atoms with van der Waals surface area (Å²) in [7, 11) is -4.01. The molecule has 4 rings (SSSR count). The van der Waals surface area contributed by atoms with E-state index in [9.17, 15) is 13.2 Å². The van der Waals surface area contributed by atoms with Crippen LogP contribution in [0.5, 0.6) is 5.75 Å². The number of sulfonamides is 1. The van der Waals surface area contributed by atoms with E-state index in [0.717, 1.165) is 28.5 Å². The molecule has 6 nitrogen and oxygen atoms in total. The van der Waals surface area contributed by atoms with E-state index in [1.165, 1.54) is 12.1 Å². The number of carbonyl (C=O) groups is 1. The van der Waals surface area contributed by atoms with Crippen molar-refractivity contribution >= 4 is 33.2 Å². The SMILES string of the molecule is CCC1(CC)CC(NC(=O)CN(c2ccc(Cl)cc2C)S(=O)(=O)c2ccccc2)c2ccccc2O1. The van der Waals surface area contributed by atoms with Gasteiger partial charge < -0.3 is 10.1 Å². The van der Waals surface area contributed by atoms with Crippen molar-refractivity contribution in [1.82, 2.24) is 5.32 Å². The number of hydrogen-bond donors (Lipinski definition) is 1. The third-order valence-electron chi connectivity index (χ3n) is 6.87. The molecule has 0 saturated heterocycles. The van der Waals surface area contributed by atoms with Gasteiger partial charge in [-0.2, -0.15) is 0 Å². The van der Waals surface area contributed by atoms with Gasteiger partial charge in [0.1, 0.15) is 17.9 Å². The summed E-state index contributed by atoms with van der Waals surface area (Å²) in [6.45, 7) is 5.56. The second-order valence-corrected chi connectivity index (χ2v) is 11.4. The number of para-hydroxylation sites is 1. The highest BCUT2D eigenvalue weighted by molar-refractivity contribution is 7.92. The van der Waals surface area contributed by atoms with Crippen molar-refractivity contribution in [3.05, 3.63) is 88.9 Å². The smallest absolute Gasteiger partial charge is 0.264 e. The van der Waals surface area contributed by atoms with E-state index in [1.807, 2.05) is 24.3 Å². The monoisotopic (exact) mass is 526 g/mol. The molecular weight excluding hydrogens is 496 g/mol. The Morgan fingerprint density at radius 1 is 1.06 bits per heavy atom. The molecular formula is C28H31ClN2O4S. The molecule has 190 valence electrons. The molecule has 0 saturated carbocycles. The quantitative estimate of drug-likeness (QED) is 0.388. The van der Waals surface area contributed by atoms with Gasteiger partial charge in [-0.25, -0.2) is 8.42 Å². The molecule has 1 aliphatic heterocycles. The minimum Gasteiger partial charge on any atom is -0.487 e. The fourth-order valence-corrected chi connectivity index (χ4v) is 6.45. The van der Waals surface area contributed by atoms with Gasteiger partial charge in [0.15, 0.2) is 0 Å². The molecule has 1 atom stereocenters. The van der Waals surface area contributed by atoms with Gasteiger partial charge in [0.05, 0.1) is 16.6 Å². The Labute approximate surface area is 218 Å². The van der Waals surface area contributed by atoms with Gasteiger partial charge in [0.25, 0.3) is 10.0 Å². The van der Waals surface area contributed by atoms with Gasteiger partial charge in [-0.15, -0.1) is 0 Å².